The lowest BCUT2D eigenvalue weighted by molar-refractivity contribution is -0.143. The van der Waals surface area contributed by atoms with Crippen LogP contribution in [0.2, 0.25) is 0 Å². The highest BCUT2D eigenvalue weighted by Crippen LogP contribution is 2.18. The molecule has 0 bridgehead atoms. The average molecular weight is 257 g/mol. The van der Waals surface area contributed by atoms with Crippen molar-refractivity contribution in [3.63, 3.8) is 0 Å². The van der Waals surface area contributed by atoms with Crippen molar-refractivity contribution in [2.75, 3.05) is 6.54 Å². The van der Waals surface area contributed by atoms with Gasteiger partial charge in [-0.05, 0) is 32.7 Å². The molecule has 1 aliphatic rings. The highest BCUT2D eigenvalue weighted by Gasteiger charge is 2.37. The number of carboxylic acid groups (broad SMARTS) is 1. The monoisotopic (exact) mass is 257 g/mol. The molecule has 0 radical (unpaired) electrons. The van der Waals surface area contributed by atoms with Crippen LogP contribution in [0.5, 0.6) is 0 Å². The molecule has 102 valence electrons. The lowest BCUT2D eigenvalue weighted by atomic mass is 9.98. The van der Waals surface area contributed by atoms with Gasteiger partial charge in [-0.1, -0.05) is 0 Å². The molecule has 7 nitrogen and oxygen atoms in total. The molecule has 1 saturated heterocycles. The van der Waals surface area contributed by atoms with Crippen LogP contribution in [-0.4, -0.2) is 41.0 Å². The summed E-state index contributed by atoms with van der Waals surface area (Å²) in [5.74, 6) is -2.09. The van der Waals surface area contributed by atoms with Gasteiger partial charge in [0.15, 0.2) is 0 Å². The Kier molecular flexibility index (Phi) is 4.66. The quantitative estimate of drug-likeness (QED) is 0.484. The Morgan fingerprint density at radius 2 is 2.17 bits per heavy atom. The second-order valence-electron chi connectivity index (χ2n) is 4.73. The Bertz CT molecular complexity index is 350. The van der Waals surface area contributed by atoms with E-state index < -0.39 is 23.5 Å². The van der Waals surface area contributed by atoms with E-state index in [1.54, 1.807) is 6.92 Å². The van der Waals surface area contributed by atoms with Crippen LogP contribution < -0.4 is 16.4 Å². The molecule has 0 aliphatic carbocycles. The summed E-state index contributed by atoms with van der Waals surface area (Å²) in [4.78, 5) is 33.6. The first-order chi connectivity index (χ1) is 8.35. The van der Waals surface area contributed by atoms with Crippen LogP contribution in [-0.2, 0) is 14.4 Å². The largest absolute Gasteiger partial charge is 0.480 e. The molecule has 0 aromatic rings. The standard InChI is InChI=1S/C11H19N3O4/c1-11(5-2-6-13-11)10(18)14-7(9(16)17)3-4-8(12)15/h7,13H,2-6H2,1H3,(H2,12,15)(H,14,18)(H,16,17)/t7-,11?/m1/s1. The van der Waals surface area contributed by atoms with Crippen LogP contribution in [0, 0.1) is 0 Å². The number of carbonyl (C=O) groups excluding carboxylic acids is 2. The van der Waals surface area contributed by atoms with E-state index in [9.17, 15) is 14.4 Å². The predicted molar refractivity (Wildman–Crippen MR) is 63.6 cm³/mol. The molecular weight excluding hydrogens is 238 g/mol. The second kappa shape index (κ2) is 5.81. The number of rotatable bonds is 6. The van der Waals surface area contributed by atoms with Gasteiger partial charge in [-0.3, -0.25) is 9.59 Å². The molecule has 0 spiro atoms. The summed E-state index contributed by atoms with van der Waals surface area (Å²) < 4.78 is 0. The first-order valence-electron chi connectivity index (χ1n) is 5.92. The van der Waals surface area contributed by atoms with E-state index in [1.165, 1.54) is 0 Å². The summed E-state index contributed by atoms with van der Waals surface area (Å²) >= 11 is 0. The third kappa shape index (κ3) is 3.69. The van der Waals surface area contributed by atoms with Crippen molar-refractivity contribution in [2.45, 2.75) is 44.2 Å². The molecule has 18 heavy (non-hydrogen) atoms. The highest BCUT2D eigenvalue weighted by molar-refractivity contribution is 5.90. The van der Waals surface area contributed by atoms with Crippen LogP contribution in [0.25, 0.3) is 0 Å². The van der Waals surface area contributed by atoms with E-state index in [2.05, 4.69) is 10.6 Å². The van der Waals surface area contributed by atoms with Gasteiger partial charge in [0.2, 0.25) is 11.8 Å². The van der Waals surface area contributed by atoms with Gasteiger partial charge in [0.25, 0.3) is 0 Å². The first kappa shape index (κ1) is 14.4. The molecule has 1 aliphatic heterocycles. The number of hydrogen-bond donors (Lipinski definition) is 4. The maximum absolute atomic E-state index is 12.0. The number of carboxylic acids is 1. The zero-order valence-electron chi connectivity index (χ0n) is 10.4. The molecule has 2 atom stereocenters. The Balaban J connectivity index is 2.57. The molecule has 1 fully saturated rings. The van der Waals surface area contributed by atoms with Gasteiger partial charge in [-0.25, -0.2) is 4.79 Å². The van der Waals surface area contributed by atoms with Crippen molar-refractivity contribution < 1.29 is 19.5 Å². The summed E-state index contributed by atoms with van der Waals surface area (Å²) in [6.45, 7) is 2.48. The molecule has 1 rings (SSSR count). The van der Waals surface area contributed by atoms with Gasteiger partial charge < -0.3 is 21.5 Å². The van der Waals surface area contributed by atoms with Crippen LogP contribution in [0.3, 0.4) is 0 Å². The third-order valence-electron chi connectivity index (χ3n) is 3.15. The van der Waals surface area contributed by atoms with Gasteiger partial charge in [0.1, 0.15) is 6.04 Å². The minimum atomic E-state index is -1.16. The van der Waals surface area contributed by atoms with Gasteiger partial charge in [0, 0.05) is 6.42 Å². The van der Waals surface area contributed by atoms with Crippen LogP contribution in [0.15, 0.2) is 0 Å². The molecule has 1 unspecified atom stereocenters. The van der Waals surface area contributed by atoms with Crippen molar-refractivity contribution in [1.82, 2.24) is 10.6 Å². The Morgan fingerprint density at radius 1 is 1.50 bits per heavy atom. The lowest BCUT2D eigenvalue weighted by Crippen LogP contribution is -2.55. The fourth-order valence-electron chi connectivity index (χ4n) is 1.95. The third-order valence-corrected chi connectivity index (χ3v) is 3.15. The normalized spacial score (nSPS) is 24.5. The molecule has 0 aromatic carbocycles. The molecule has 2 amide bonds. The summed E-state index contributed by atoms with van der Waals surface area (Å²) in [6.07, 6.45) is 1.48. The number of nitrogens with two attached hydrogens (primary N) is 1. The summed E-state index contributed by atoms with van der Waals surface area (Å²) in [6, 6.07) is -1.08. The van der Waals surface area contributed by atoms with Crippen LogP contribution in [0.1, 0.15) is 32.6 Å². The average Bonchev–Trinajstić information content (AvgIpc) is 2.71. The number of aliphatic carboxylic acids is 1. The van der Waals surface area contributed by atoms with Gasteiger partial charge >= 0.3 is 5.97 Å². The van der Waals surface area contributed by atoms with E-state index in [0.717, 1.165) is 13.0 Å². The molecule has 0 saturated carbocycles. The van der Waals surface area contributed by atoms with Crippen molar-refractivity contribution in [1.29, 1.82) is 0 Å². The van der Waals surface area contributed by atoms with Gasteiger partial charge in [-0.2, -0.15) is 0 Å². The summed E-state index contributed by atoms with van der Waals surface area (Å²) in [7, 11) is 0. The molecule has 5 N–H and O–H groups in total. The Hall–Kier alpha value is -1.63. The fourth-order valence-corrected chi connectivity index (χ4v) is 1.95. The molecule has 7 heteroatoms. The van der Waals surface area contributed by atoms with Crippen molar-refractivity contribution in [3.05, 3.63) is 0 Å². The number of primary amides is 1. The molecular formula is C11H19N3O4. The van der Waals surface area contributed by atoms with Crippen LogP contribution >= 0.6 is 0 Å². The Labute approximate surface area is 105 Å². The van der Waals surface area contributed by atoms with E-state index in [4.69, 9.17) is 10.8 Å². The second-order valence-corrected chi connectivity index (χ2v) is 4.73. The van der Waals surface area contributed by atoms with E-state index in [0.29, 0.717) is 6.42 Å². The highest BCUT2D eigenvalue weighted by atomic mass is 16.4. The predicted octanol–water partition coefficient (Wildman–Crippen LogP) is -1.04. The molecule has 0 aromatic heterocycles. The maximum Gasteiger partial charge on any atom is 0.326 e. The van der Waals surface area contributed by atoms with E-state index in [-0.39, 0.29) is 18.7 Å². The lowest BCUT2D eigenvalue weighted by Gasteiger charge is -2.25. The van der Waals surface area contributed by atoms with E-state index in [1.807, 2.05) is 0 Å². The SMILES string of the molecule is CC1(C(=O)N[C@H](CCC(N)=O)C(=O)O)CCCN1. The summed E-state index contributed by atoms with van der Waals surface area (Å²) in [5.41, 5.74) is 4.24. The van der Waals surface area contributed by atoms with E-state index >= 15 is 0 Å². The number of carbonyl (C=O) groups is 3. The maximum atomic E-state index is 12.0. The number of nitrogens with one attached hydrogen (secondary N) is 2. The minimum Gasteiger partial charge on any atom is -0.480 e. The fraction of sp³-hybridized carbons (Fsp3) is 0.727. The number of hydrogen-bond acceptors (Lipinski definition) is 4. The topological polar surface area (TPSA) is 122 Å². The minimum absolute atomic E-state index is 0.00644. The zero-order valence-corrected chi connectivity index (χ0v) is 10.4. The van der Waals surface area contributed by atoms with Crippen molar-refractivity contribution in [2.24, 2.45) is 5.73 Å². The van der Waals surface area contributed by atoms with Crippen molar-refractivity contribution in [3.8, 4) is 0 Å². The van der Waals surface area contributed by atoms with Gasteiger partial charge in [-0.15, -0.1) is 0 Å². The first-order valence-corrected chi connectivity index (χ1v) is 5.92. The number of amides is 2. The zero-order chi connectivity index (χ0) is 13.8. The van der Waals surface area contributed by atoms with Gasteiger partial charge in [0.05, 0.1) is 5.54 Å². The smallest absolute Gasteiger partial charge is 0.326 e. The van der Waals surface area contributed by atoms with Crippen LogP contribution in [0.4, 0.5) is 0 Å². The Morgan fingerprint density at radius 3 is 2.61 bits per heavy atom. The molecule has 1 heterocycles. The summed E-state index contributed by atoms with van der Waals surface area (Å²) in [5, 5.41) is 14.5. The van der Waals surface area contributed by atoms with Crippen molar-refractivity contribution >= 4 is 17.8 Å².